The molecule has 0 spiro atoms. The number of rotatable bonds is 6. The zero-order valence-electron chi connectivity index (χ0n) is 12.7. The highest BCUT2D eigenvalue weighted by atomic mass is 32.1. The quantitative estimate of drug-likeness (QED) is 0.784. The van der Waals surface area contributed by atoms with E-state index in [9.17, 15) is 4.79 Å². The van der Waals surface area contributed by atoms with Gasteiger partial charge in [-0.1, -0.05) is 11.3 Å². The van der Waals surface area contributed by atoms with Crippen LogP contribution < -0.4 is 16.0 Å². The van der Waals surface area contributed by atoms with Crippen LogP contribution in [0.5, 0.6) is 0 Å². The first-order valence-electron chi connectivity index (χ1n) is 7.49. The summed E-state index contributed by atoms with van der Waals surface area (Å²) in [5.74, 6) is 0.156. The number of hydrogen-bond donors (Lipinski definition) is 2. The molecule has 21 heavy (non-hydrogen) atoms. The van der Waals surface area contributed by atoms with Gasteiger partial charge in [0.1, 0.15) is 10.7 Å². The summed E-state index contributed by atoms with van der Waals surface area (Å²) < 4.78 is 5.39. The maximum absolute atomic E-state index is 12.1. The van der Waals surface area contributed by atoms with Gasteiger partial charge in [0.15, 0.2) is 5.13 Å². The third-order valence-corrected chi connectivity index (χ3v) is 4.44. The molecule has 0 bridgehead atoms. The van der Waals surface area contributed by atoms with Crippen LogP contribution in [0.2, 0.25) is 0 Å². The van der Waals surface area contributed by atoms with Crippen molar-refractivity contribution in [3.63, 3.8) is 0 Å². The minimum atomic E-state index is -0.166. The normalized spacial score (nSPS) is 15.5. The number of nitrogen functional groups attached to an aromatic ring is 1. The molecule has 3 N–H and O–H groups in total. The van der Waals surface area contributed by atoms with Crippen LogP contribution in [0.15, 0.2) is 0 Å². The van der Waals surface area contributed by atoms with Crippen LogP contribution in [0, 0.1) is 0 Å². The predicted molar refractivity (Wildman–Crippen MR) is 86.0 cm³/mol. The highest BCUT2D eigenvalue weighted by Gasteiger charge is 2.20. The highest BCUT2D eigenvalue weighted by molar-refractivity contribution is 7.18. The largest absolute Gasteiger partial charge is 0.382 e. The first-order valence-corrected chi connectivity index (χ1v) is 8.30. The molecule has 2 heterocycles. The number of amides is 1. The van der Waals surface area contributed by atoms with Gasteiger partial charge in [-0.15, -0.1) is 0 Å². The van der Waals surface area contributed by atoms with Crippen LogP contribution in [0.25, 0.3) is 0 Å². The predicted octanol–water partition coefficient (Wildman–Crippen LogP) is 1.87. The number of nitrogens with one attached hydrogen (secondary N) is 1. The molecule has 1 fully saturated rings. The van der Waals surface area contributed by atoms with Crippen LogP contribution in [0.4, 0.5) is 10.9 Å². The van der Waals surface area contributed by atoms with Crippen molar-refractivity contribution in [2.45, 2.75) is 39.2 Å². The maximum atomic E-state index is 12.1. The van der Waals surface area contributed by atoms with E-state index in [2.05, 4.69) is 15.2 Å². The smallest absolute Gasteiger partial charge is 0.265 e. The number of nitrogens with zero attached hydrogens (tertiary/aromatic N) is 2. The molecule has 1 aliphatic heterocycles. The lowest BCUT2D eigenvalue weighted by atomic mass is 10.1. The topological polar surface area (TPSA) is 80.5 Å². The molecule has 118 valence electrons. The van der Waals surface area contributed by atoms with Crippen molar-refractivity contribution in [3.8, 4) is 0 Å². The molecule has 0 unspecified atom stereocenters. The molecule has 1 saturated heterocycles. The molecule has 0 saturated carbocycles. The first-order chi connectivity index (χ1) is 10.1. The summed E-state index contributed by atoms with van der Waals surface area (Å²) in [5.41, 5.74) is 5.88. The van der Waals surface area contributed by atoms with Crippen molar-refractivity contribution in [2.75, 3.05) is 36.9 Å². The van der Waals surface area contributed by atoms with Gasteiger partial charge in [-0.2, -0.15) is 0 Å². The average molecular weight is 312 g/mol. The van der Waals surface area contributed by atoms with Crippen LogP contribution in [-0.4, -0.2) is 43.2 Å². The summed E-state index contributed by atoms with van der Waals surface area (Å²) in [4.78, 5) is 19.2. The number of aromatic nitrogens is 1. The van der Waals surface area contributed by atoms with Crippen molar-refractivity contribution in [3.05, 3.63) is 4.88 Å². The highest BCUT2D eigenvalue weighted by Crippen LogP contribution is 2.29. The van der Waals surface area contributed by atoms with E-state index in [4.69, 9.17) is 10.5 Å². The molecule has 0 radical (unpaired) electrons. The fourth-order valence-electron chi connectivity index (χ4n) is 2.24. The Morgan fingerprint density at radius 1 is 1.43 bits per heavy atom. The maximum Gasteiger partial charge on any atom is 0.265 e. The summed E-state index contributed by atoms with van der Waals surface area (Å²) in [6.45, 7) is 6.91. The minimum Gasteiger partial charge on any atom is -0.382 e. The van der Waals surface area contributed by atoms with Crippen molar-refractivity contribution in [1.29, 1.82) is 0 Å². The minimum absolute atomic E-state index is 0.166. The van der Waals surface area contributed by atoms with E-state index >= 15 is 0 Å². The van der Waals surface area contributed by atoms with Gasteiger partial charge in [0, 0.05) is 19.6 Å². The first kappa shape index (κ1) is 16.0. The van der Waals surface area contributed by atoms with Crippen molar-refractivity contribution in [1.82, 2.24) is 10.3 Å². The third-order valence-electron chi connectivity index (χ3n) is 3.31. The van der Waals surface area contributed by atoms with Crippen LogP contribution in [0.3, 0.4) is 0 Å². The summed E-state index contributed by atoms with van der Waals surface area (Å²) in [5, 5.41) is 3.68. The molecule has 1 amide bonds. The van der Waals surface area contributed by atoms with Gasteiger partial charge in [0.2, 0.25) is 0 Å². The van der Waals surface area contributed by atoms with Crippen molar-refractivity contribution in [2.24, 2.45) is 0 Å². The molecular weight excluding hydrogens is 288 g/mol. The van der Waals surface area contributed by atoms with E-state index in [1.807, 2.05) is 13.8 Å². The Balaban J connectivity index is 1.90. The third kappa shape index (κ3) is 4.57. The molecule has 1 aromatic heterocycles. The molecule has 1 aromatic rings. The lowest BCUT2D eigenvalue weighted by Gasteiger charge is -2.25. The Morgan fingerprint density at radius 2 is 2.14 bits per heavy atom. The second-order valence-corrected chi connectivity index (χ2v) is 6.41. The van der Waals surface area contributed by atoms with E-state index in [1.54, 1.807) is 0 Å². The number of nitrogens with two attached hydrogens (primary N) is 1. The molecule has 0 aliphatic carbocycles. The second kappa shape index (κ2) is 7.61. The van der Waals surface area contributed by atoms with Crippen LogP contribution >= 0.6 is 11.3 Å². The van der Waals surface area contributed by atoms with E-state index in [-0.39, 0.29) is 12.0 Å². The SMILES string of the molecule is CC(C)OCCNC(=O)c1sc(N2CCCCC2)nc1N. The van der Waals surface area contributed by atoms with Gasteiger partial charge in [-0.3, -0.25) is 4.79 Å². The lowest BCUT2D eigenvalue weighted by Crippen LogP contribution is -2.29. The number of hydrogen-bond acceptors (Lipinski definition) is 6. The molecule has 0 aromatic carbocycles. The fourth-order valence-corrected chi connectivity index (χ4v) is 3.20. The summed E-state index contributed by atoms with van der Waals surface area (Å²) in [7, 11) is 0. The van der Waals surface area contributed by atoms with E-state index in [0.29, 0.717) is 23.8 Å². The van der Waals surface area contributed by atoms with Crippen molar-refractivity contribution >= 4 is 28.2 Å². The second-order valence-electron chi connectivity index (χ2n) is 5.43. The van der Waals surface area contributed by atoms with Gasteiger partial charge < -0.3 is 20.7 Å². The Morgan fingerprint density at radius 3 is 2.81 bits per heavy atom. The molecule has 6 nitrogen and oxygen atoms in total. The standard InChI is InChI=1S/C14H24N4O2S/c1-10(2)20-9-6-16-13(19)11-12(15)17-14(21-11)18-7-4-3-5-8-18/h10H,3-9,15H2,1-2H3,(H,16,19). The molecule has 1 aliphatic rings. The Hall–Kier alpha value is -1.34. The number of ether oxygens (including phenoxy) is 1. The number of carbonyl (C=O) groups excluding carboxylic acids is 1. The van der Waals surface area contributed by atoms with Crippen LogP contribution in [-0.2, 0) is 4.74 Å². The Kier molecular flexibility index (Phi) is 5.81. The Labute approximate surface area is 129 Å². The number of anilines is 2. The molecule has 2 rings (SSSR count). The summed E-state index contributed by atoms with van der Waals surface area (Å²) >= 11 is 1.38. The van der Waals surface area contributed by atoms with Crippen molar-refractivity contribution < 1.29 is 9.53 Å². The average Bonchev–Trinajstić information content (AvgIpc) is 2.86. The number of carbonyl (C=O) groups is 1. The number of piperidine rings is 1. The number of thiazole rings is 1. The lowest BCUT2D eigenvalue weighted by molar-refractivity contribution is 0.0748. The Bertz CT molecular complexity index is 470. The van der Waals surface area contributed by atoms with E-state index < -0.39 is 0 Å². The van der Waals surface area contributed by atoms with E-state index in [1.165, 1.54) is 30.6 Å². The van der Waals surface area contributed by atoms with Gasteiger partial charge in [-0.05, 0) is 33.1 Å². The van der Waals surface area contributed by atoms with E-state index in [0.717, 1.165) is 18.2 Å². The van der Waals surface area contributed by atoms with Gasteiger partial charge in [0.05, 0.1) is 12.7 Å². The summed E-state index contributed by atoms with van der Waals surface area (Å²) in [6, 6.07) is 0. The summed E-state index contributed by atoms with van der Waals surface area (Å²) in [6.07, 6.45) is 3.78. The van der Waals surface area contributed by atoms with Gasteiger partial charge >= 0.3 is 0 Å². The van der Waals surface area contributed by atoms with Gasteiger partial charge in [0.25, 0.3) is 5.91 Å². The molecule has 7 heteroatoms. The van der Waals surface area contributed by atoms with Crippen LogP contribution in [0.1, 0.15) is 42.8 Å². The van der Waals surface area contributed by atoms with Gasteiger partial charge in [-0.25, -0.2) is 4.98 Å². The molecular formula is C14H24N4O2S. The monoisotopic (exact) mass is 312 g/mol. The fraction of sp³-hybridized carbons (Fsp3) is 0.714. The zero-order valence-corrected chi connectivity index (χ0v) is 13.5. The molecule has 0 atom stereocenters. The zero-order chi connectivity index (χ0) is 15.2.